The number of fused-ring (bicyclic) bond motifs is 2. The van der Waals surface area contributed by atoms with Crippen LogP contribution in [0.25, 0.3) is 0 Å². The molecule has 0 spiro atoms. The van der Waals surface area contributed by atoms with Crippen molar-refractivity contribution >= 4 is 5.91 Å². The molecule has 1 aromatic carbocycles. The Kier molecular flexibility index (Phi) is 5.17. The van der Waals surface area contributed by atoms with Gasteiger partial charge in [0.25, 0.3) is 0 Å². The summed E-state index contributed by atoms with van der Waals surface area (Å²) >= 11 is 0. The molecular weight excluding hydrogens is 306 g/mol. The van der Waals surface area contributed by atoms with Crippen LogP contribution >= 0.6 is 0 Å². The maximum absolute atomic E-state index is 12.3. The third-order valence-electron chi connectivity index (χ3n) is 5.59. The molecule has 2 aliphatic carbocycles. The lowest BCUT2D eigenvalue weighted by Gasteiger charge is -2.21. The predicted octanol–water partition coefficient (Wildman–Crippen LogP) is 3.15. The first-order valence-corrected chi connectivity index (χ1v) is 8.70. The van der Waals surface area contributed by atoms with Crippen molar-refractivity contribution in [3.05, 3.63) is 17.7 Å². The Hall–Kier alpha value is -1.91. The Labute approximate surface area is 143 Å². The van der Waals surface area contributed by atoms with E-state index in [1.165, 1.54) is 25.7 Å². The van der Waals surface area contributed by atoms with Gasteiger partial charge in [0.15, 0.2) is 11.5 Å². The van der Waals surface area contributed by atoms with E-state index in [2.05, 4.69) is 5.32 Å². The summed E-state index contributed by atoms with van der Waals surface area (Å²) in [5.41, 5.74) is 0.886. The van der Waals surface area contributed by atoms with Crippen molar-refractivity contribution in [1.29, 1.82) is 0 Å². The van der Waals surface area contributed by atoms with Gasteiger partial charge < -0.3 is 19.5 Å². The molecule has 24 heavy (non-hydrogen) atoms. The zero-order valence-corrected chi connectivity index (χ0v) is 14.8. The molecule has 3 atom stereocenters. The zero-order valence-electron chi connectivity index (χ0n) is 14.8. The van der Waals surface area contributed by atoms with Crippen LogP contribution in [0.1, 0.15) is 37.7 Å². The van der Waals surface area contributed by atoms with Crippen LogP contribution in [0.5, 0.6) is 17.2 Å². The molecule has 0 heterocycles. The molecule has 0 aliphatic heterocycles. The van der Waals surface area contributed by atoms with Gasteiger partial charge in [0.05, 0.1) is 21.3 Å². The van der Waals surface area contributed by atoms with Crippen molar-refractivity contribution < 1.29 is 19.0 Å². The molecule has 132 valence electrons. The van der Waals surface area contributed by atoms with E-state index in [0.717, 1.165) is 17.4 Å². The minimum absolute atomic E-state index is 0.129. The number of methoxy groups -OCH3 is 3. The van der Waals surface area contributed by atoms with E-state index in [9.17, 15) is 4.79 Å². The van der Waals surface area contributed by atoms with E-state index < -0.39 is 0 Å². The van der Waals surface area contributed by atoms with Gasteiger partial charge in [-0.15, -0.1) is 0 Å². The van der Waals surface area contributed by atoms with Crippen LogP contribution in [0.4, 0.5) is 0 Å². The molecule has 0 radical (unpaired) electrons. The second-order valence-corrected chi connectivity index (χ2v) is 6.93. The Morgan fingerprint density at radius 3 is 2.33 bits per heavy atom. The van der Waals surface area contributed by atoms with Crippen LogP contribution in [-0.4, -0.2) is 27.2 Å². The number of carbonyl (C=O) groups is 1. The van der Waals surface area contributed by atoms with Gasteiger partial charge in [-0.05, 0) is 43.1 Å². The van der Waals surface area contributed by atoms with Crippen LogP contribution in [0.15, 0.2) is 12.1 Å². The first kappa shape index (κ1) is 16.9. The molecule has 1 N–H and O–H groups in total. The summed E-state index contributed by atoms with van der Waals surface area (Å²) in [4.78, 5) is 12.3. The predicted molar refractivity (Wildman–Crippen MR) is 91.5 cm³/mol. The molecule has 2 saturated carbocycles. The van der Waals surface area contributed by atoms with E-state index in [1.54, 1.807) is 27.4 Å². The van der Waals surface area contributed by atoms with Gasteiger partial charge >= 0.3 is 0 Å². The van der Waals surface area contributed by atoms with Gasteiger partial charge in [0, 0.05) is 24.6 Å². The van der Waals surface area contributed by atoms with Crippen LogP contribution in [0.2, 0.25) is 0 Å². The summed E-state index contributed by atoms with van der Waals surface area (Å²) in [6.07, 6.45) is 5.90. The number of ether oxygens (including phenoxy) is 3. The number of nitrogens with one attached hydrogen (secondary N) is 1. The number of benzene rings is 1. The molecule has 5 heteroatoms. The van der Waals surface area contributed by atoms with Gasteiger partial charge in [0.2, 0.25) is 5.91 Å². The van der Waals surface area contributed by atoms with Gasteiger partial charge in [-0.1, -0.05) is 6.42 Å². The highest BCUT2D eigenvalue weighted by Gasteiger charge is 2.40. The molecule has 1 amide bonds. The topological polar surface area (TPSA) is 56.8 Å². The van der Waals surface area contributed by atoms with Crippen molar-refractivity contribution in [1.82, 2.24) is 5.32 Å². The zero-order chi connectivity index (χ0) is 17.1. The average molecular weight is 333 g/mol. The second kappa shape index (κ2) is 7.32. The molecular formula is C19H27NO4. The summed E-state index contributed by atoms with van der Waals surface area (Å²) in [6.45, 7) is 0.434. The van der Waals surface area contributed by atoms with Crippen molar-refractivity contribution in [2.24, 2.45) is 17.8 Å². The summed E-state index contributed by atoms with van der Waals surface area (Å²) in [7, 11) is 4.80. The van der Waals surface area contributed by atoms with Crippen molar-refractivity contribution in [3.63, 3.8) is 0 Å². The van der Waals surface area contributed by atoms with Gasteiger partial charge in [0.1, 0.15) is 5.75 Å². The Balaban J connectivity index is 1.60. The number of rotatable bonds is 7. The molecule has 2 bridgehead atoms. The smallest absolute Gasteiger partial charge is 0.220 e. The fourth-order valence-electron chi connectivity index (χ4n) is 4.36. The highest BCUT2D eigenvalue weighted by Crippen LogP contribution is 2.49. The van der Waals surface area contributed by atoms with Crippen LogP contribution in [0.3, 0.4) is 0 Å². The third-order valence-corrected chi connectivity index (χ3v) is 5.59. The highest BCUT2D eigenvalue weighted by atomic mass is 16.5. The monoisotopic (exact) mass is 333 g/mol. The average Bonchev–Trinajstić information content (AvgIpc) is 3.21. The van der Waals surface area contributed by atoms with Crippen molar-refractivity contribution in [2.75, 3.05) is 21.3 Å². The molecule has 3 rings (SSSR count). The first-order chi connectivity index (χ1) is 11.6. The lowest BCUT2D eigenvalue weighted by molar-refractivity contribution is -0.122. The molecule has 0 unspecified atom stereocenters. The number of hydrogen-bond donors (Lipinski definition) is 1. The second-order valence-electron chi connectivity index (χ2n) is 6.93. The molecule has 1 aromatic rings. The Morgan fingerprint density at radius 1 is 1.04 bits per heavy atom. The number of hydrogen-bond acceptors (Lipinski definition) is 4. The quantitative estimate of drug-likeness (QED) is 0.833. The van der Waals surface area contributed by atoms with Crippen molar-refractivity contribution in [2.45, 2.75) is 38.6 Å². The fraction of sp³-hybridized carbons (Fsp3) is 0.632. The number of carbonyl (C=O) groups excluding carboxylic acids is 1. The van der Waals surface area contributed by atoms with E-state index >= 15 is 0 Å². The standard InChI is InChI=1S/C19H27NO4/c1-22-16-10-18(24-3)17(23-2)8-15(16)11-20-19(21)9-14-7-12-4-5-13(14)6-12/h8,10,12-14H,4-7,9,11H2,1-3H3,(H,20,21)/t12-,13-,14+/m1/s1. The van der Waals surface area contributed by atoms with Gasteiger partial charge in [-0.25, -0.2) is 0 Å². The SMILES string of the molecule is COc1cc(OC)c(OC)cc1CNC(=O)C[C@@H]1C[C@@H]2CC[C@@H]1C2. The lowest BCUT2D eigenvalue weighted by Crippen LogP contribution is -2.27. The van der Waals surface area contributed by atoms with E-state index in [4.69, 9.17) is 14.2 Å². The normalized spacial score (nSPS) is 24.7. The highest BCUT2D eigenvalue weighted by molar-refractivity contribution is 5.76. The van der Waals surface area contributed by atoms with E-state index in [0.29, 0.717) is 36.1 Å². The number of amides is 1. The molecule has 0 aromatic heterocycles. The molecule has 2 fully saturated rings. The lowest BCUT2D eigenvalue weighted by atomic mass is 9.86. The minimum atomic E-state index is 0.129. The Morgan fingerprint density at radius 2 is 1.75 bits per heavy atom. The van der Waals surface area contributed by atoms with E-state index in [1.807, 2.05) is 6.07 Å². The van der Waals surface area contributed by atoms with Gasteiger partial charge in [-0.3, -0.25) is 4.79 Å². The van der Waals surface area contributed by atoms with E-state index in [-0.39, 0.29) is 5.91 Å². The van der Waals surface area contributed by atoms with Crippen LogP contribution in [-0.2, 0) is 11.3 Å². The summed E-state index contributed by atoms with van der Waals surface area (Å²) in [5, 5.41) is 3.03. The van der Waals surface area contributed by atoms with Crippen molar-refractivity contribution in [3.8, 4) is 17.2 Å². The first-order valence-electron chi connectivity index (χ1n) is 8.70. The maximum Gasteiger partial charge on any atom is 0.220 e. The molecule has 5 nitrogen and oxygen atoms in total. The summed E-state index contributed by atoms with van der Waals surface area (Å²) in [5.74, 6) is 4.30. The minimum Gasteiger partial charge on any atom is -0.496 e. The van der Waals surface area contributed by atoms with Crippen LogP contribution < -0.4 is 19.5 Å². The fourth-order valence-corrected chi connectivity index (χ4v) is 4.36. The molecule has 2 aliphatic rings. The molecule has 0 saturated heterocycles. The summed E-state index contributed by atoms with van der Waals surface area (Å²) < 4.78 is 16.0. The maximum atomic E-state index is 12.3. The Bertz CT molecular complexity index is 601. The summed E-state index contributed by atoms with van der Waals surface area (Å²) in [6, 6.07) is 3.64. The largest absolute Gasteiger partial charge is 0.496 e. The third kappa shape index (κ3) is 3.45. The van der Waals surface area contributed by atoms with Gasteiger partial charge in [-0.2, -0.15) is 0 Å². The van der Waals surface area contributed by atoms with Crippen LogP contribution in [0, 0.1) is 17.8 Å².